The van der Waals surface area contributed by atoms with Gasteiger partial charge in [-0.1, -0.05) is 57.9 Å². The molecule has 3 aromatic carbocycles. The minimum Gasteiger partial charge on any atom is -0.489 e. The fourth-order valence-electron chi connectivity index (χ4n) is 3.09. The first-order valence-corrected chi connectivity index (χ1v) is 9.89. The van der Waals surface area contributed by atoms with Crippen LogP contribution in [0.5, 0.6) is 11.5 Å². The fourth-order valence-corrected chi connectivity index (χ4v) is 3.69. The zero-order valence-corrected chi connectivity index (χ0v) is 17.4. The Morgan fingerprint density at radius 2 is 1.93 bits per heavy atom. The van der Waals surface area contributed by atoms with Crippen LogP contribution in [0.15, 0.2) is 70.9 Å². The van der Waals surface area contributed by atoms with Crippen LogP contribution in [0.3, 0.4) is 0 Å². The van der Waals surface area contributed by atoms with Crippen molar-refractivity contribution in [2.45, 2.75) is 13.5 Å². The van der Waals surface area contributed by atoms with Crippen molar-refractivity contribution in [3.05, 3.63) is 98.2 Å². The van der Waals surface area contributed by atoms with Gasteiger partial charge in [0.2, 0.25) is 5.78 Å². The zero-order valence-electron chi connectivity index (χ0n) is 15.0. The van der Waals surface area contributed by atoms with Gasteiger partial charge in [-0.25, -0.2) is 0 Å². The molecule has 3 nitrogen and oxygen atoms in total. The number of ketones is 1. The highest BCUT2D eigenvalue weighted by molar-refractivity contribution is 9.10. The summed E-state index contributed by atoms with van der Waals surface area (Å²) in [4.78, 5) is 12.8. The minimum absolute atomic E-state index is 0.120. The van der Waals surface area contributed by atoms with Crippen molar-refractivity contribution in [3.63, 3.8) is 0 Å². The average Bonchev–Trinajstić information content (AvgIpc) is 2.97. The predicted molar refractivity (Wildman–Crippen MR) is 114 cm³/mol. The van der Waals surface area contributed by atoms with Gasteiger partial charge in [-0.2, -0.15) is 0 Å². The summed E-state index contributed by atoms with van der Waals surface area (Å²) in [5.41, 5.74) is 3.17. The highest BCUT2D eigenvalue weighted by atomic mass is 79.9. The molecule has 0 aliphatic carbocycles. The number of fused-ring (bicyclic) bond motifs is 1. The van der Waals surface area contributed by atoms with Crippen LogP contribution in [-0.2, 0) is 6.61 Å². The summed E-state index contributed by atoms with van der Waals surface area (Å²) in [5, 5.41) is 0.658. The van der Waals surface area contributed by atoms with E-state index in [1.54, 1.807) is 12.1 Å². The van der Waals surface area contributed by atoms with E-state index in [1.807, 2.05) is 61.5 Å². The summed E-state index contributed by atoms with van der Waals surface area (Å²) >= 11 is 9.62. The van der Waals surface area contributed by atoms with Crippen LogP contribution < -0.4 is 9.47 Å². The third-order valence-electron chi connectivity index (χ3n) is 4.44. The Hall–Kier alpha value is -2.56. The molecule has 28 heavy (non-hydrogen) atoms. The van der Waals surface area contributed by atoms with Gasteiger partial charge >= 0.3 is 0 Å². The first-order chi connectivity index (χ1) is 13.5. The van der Waals surface area contributed by atoms with Crippen LogP contribution in [0.25, 0.3) is 6.08 Å². The van der Waals surface area contributed by atoms with Crippen molar-refractivity contribution in [2.24, 2.45) is 0 Å². The van der Waals surface area contributed by atoms with Crippen LogP contribution in [0.1, 0.15) is 27.0 Å². The molecule has 1 aliphatic rings. The van der Waals surface area contributed by atoms with E-state index < -0.39 is 0 Å². The molecule has 0 bridgehead atoms. The lowest BCUT2D eigenvalue weighted by Crippen LogP contribution is -2.00. The van der Waals surface area contributed by atoms with Crippen LogP contribution in [0.2, 0.25) is 5.02 Å². The highest BCUT2D eigenvalue weighted by Gasteiger charge is 2.30. The first kappa shape index (κ1) is 18.8. The number of ether oxygens (including phenoxy) is 2. The summed E-state index contributed by atoms with van der Waals surface area (Å²) < 4.78 is 12.7. The molecule has 5 heteroatoms. The summed E-state index contributed by atoms with van der Waals surface area (Å²) in [5.74, 6) is 1.33. The maximum Gasteiger partial charge on any atom is 0.232 e. The van der Waals surface area contributed by atoms with Gasteiger partial charge in [0.25, 0.3) is 0 Å². The maximum atomic E-state index is 12.8. The van der Waals surface area contributed by atoms with Crippen molar-refractivity contribution < 1.29 is 14.3 Å². The van der Waals surface area contributed by atoms with Gasteiger partial charge in [0.1, 0.15) is 18.1 Å². The molecule has 0 N–H and O–H groups in total. The lowest BCUT2D eigenvalue weighted by molar-refractivity contribution is 0.101. The molecule has 0 radical (unpaired) electrons. The number of rotatable bonds is 4. The molecule has 1 heterocycles. The second kappa shape index (κ2) is 7.82. The average molecular weight is 456 g/mol. The van der Waals surface area contributed by atoms with Crippen LogP contribution in [-0.4, -0.2) is 5.78 Å². The Morgan fingerprint density at radius 1 is 1.11 bits per heavy atom. The van der Waals surface area contributed by atoms with Crippen LogP contribution >= 0.6 is 27.5 Å². The molecule has 0 saturated carbocycles. The molecule has 0 amide bonds. The van der Waals surface area contributed by atoms with E-state index >= 15 is 0 Å². The molecule has 0 atom stereocenters. The van der Waals surface area contributed by atoms with Crippen LogP contribution in [0, 0.1) is 6.92 Å². The van der Waals surface area contributed by atoms with Crippen molar-refractivity contribution in [1.29, 1.82) is 0 Å². The SMILES string of the molecule is Cc1cc(OCc2ccccc2Cl)cc2c1C(=O)/C(=C/c1cccc(Br)c1)O2. The Balaban J connectivity index is 1.58. The molecule has 4 rings (SSSR count). The summed E-state index contributed by atoms with van der Waals surface area (Å²) in [7, 11) is 0. The third-order valence-corrected chi connectivity index (χ3v) is 5.30. The zero-order chi connectivity index (χ0) is 19.7. The topological polar surface area (TPSA) is 35.5 Å². The second-order valence-electron chi connectivity index (χ2n) is 6.49. The Kier molecular flexibility index (Phi) is 5.25. The van der Waals surface area contributed by atoms with Gasteiger partial charge in [-0.15, -0.1) is 0 Å². The molecule has 0 spiro atoms. The standard InChI is InChI=1S/C23H16BrClO3/c1-14-9-18(27-13-16-6-2-3-8-19(16)25)12-20-22(14)23(26)21(28-20)11-15-5-4-7-17(24)10-15/h2-12H,13H2,1H3/b21-11-. The van der Waals surface area contributed by atoms with E-state index in [0.717, 1.165) is 21.2 Å². The maximum absolute atomic E-state index is 12.8. The summed E-state index contributed by atoms with van der Waals surface area (Å²) in [6, 6.07) is 18.8. The van der Waals surface area contributed by atoms with E-state index in [9.17, 15) is 4.79 Å². The van der Waals surface area contributed by atoms with E-state index in [4.69, 9.17) is 21.1 Å². The molecular formula is C23H16BrClO3. The summed E-state index contributed by atoms with van der Waals surface area (Å²) in [6.07, 6.45) is 1.75. The van der Waals surface area contributed by atoms with Gasteiger partial charge in [-0.05, 0) is 48.4 Å². The minimum atomic E-state index is -0.120. The molecule has 3 aromatic rings. The third kappa shape index (κ3) is 3.84. The molecule has 0 aromatic heterocycles. The normalized spacial score (nSPS) is 14.1. The molecule has 0 unspecified atom stereocenters. The highest BCUT2D eigenvalue weighted by Crippen LogP contribution is 2.38. The van der Waals surface area contributed by atoms with Crippen molar-refractivity contribution in [3.8, 4) is 11.5 Å². The molecule has 1 aliphatic heterocycles. The van der Waals surface area contributed by atoms with Gasteiger partial charge in [0, 0.05) is 21.1 Å². The van der Waals surface area contributed by atoms with E-state index in [-0.39, 0.29) is 5.78 Å². The van der Waals surface area contributed by atoms with Gasteiger partial charge < -0.3 is 9.47 Å². The Morgan fingerprint density at radius 3 is 2.71 bits per heavy atom. The number of carbonyl (C=O) groups is 1. The molecular weight excluding hydrogens is 440 g/mol. The molecule has 0 saturated heterocycles. The number of hydrogen-bond acceptors (Lipinski definition) is 3. The quantitative estimate of drug-likeness (QED) is 0.415. The largest absolute Gasteiger partial charge is 0.489 e. The van der Waals surface area contributed by atoms with Gasteiger partial charge in [0.15, 0.2) is 5.76 Å². The van der Waals surface area contributed by atoms with E-state index in [0.29, 0.717) is 34.5 Å². The molecule has 0 fully saturated rings. The lowest BCUT2D eigenvalue weighted by atomic mass is 10.0. The lowest BCUT2D eigenvalue weighted by Gasteiger charge is -2.10. The number of carbonyl (C=O) groups excluding carboxylic acids is 1. The number of benzene rings is 3. The van der Waals surface area contributed by atoms with Crippen molar-refractivity contribution >= 4 is 39.4 Å². The predicted octanol–water partition coefficient (Wildman–Crippen LogP) is 6.61. The molecule has 140 valence electrons. The van der Waals surface area contributed by atoms with Gasteiger partial charge in [0.05, 0.1) is 5.56 Å². The monoisotopic (exact) mass is 454 g/mol. The van der Waals surface area contributed by atoms with E-state index in [2.05, 4.69) is 15.9 Å². The van der Waals surface area contributed by atoms with Crippen molar-refractivity contribution in [1.82, 2.24) is 0 Å². The van der Waals surface area contributed by atoms with Crippen molar-refractivity contribution in [2.75, 3.05) is 0 Å². The number of halogens is 2. The van der Waals surface area contributed by atoms with Gasteiger partial charge in [-0.3, -0.25) is 4.79 Å². The number of Topliss-reactive ketones (excluding diaryl/α,β-unsaturated/α-hetero) is 1. The smallest absolute Gasteiger partial charge is 0.232 e. The first-order valence-electron chi connectivity index (χ1n) is 8.72. The van der Waals surface area contributed by atoms with Crippen LogP contribution in [0.4, 0.5) is 0 Å². The van der Waals surface area contributed by atoms with E-state index in [1.165, 1.54) is 0 Å². The Bertz CT molecular complexity index is 1100. The number of allylic oxidation sites excluding steroid dienone is 1. The second-order valence-corrected chi connectivity index (χ2v) is 7.81. The number of hydrogen-bond donors (Lipinski definition) is 0. The number of aryl methyl sites for hydroxylation is 1. The fraction of sp³-hybridized carbons (Fsp3) is 0.0870. The Labute approximate surface area is 176 Å². The summed E-state index contributed by atoms with van der Waals surface area (Å²) in [6.45, 7) is 2.22.